The Hall–Kier alpha value is -0.410. The highest BCUT2D eigenvalue weighted by Gasteiger charge is 2.20. The molecule has 1 aromatic carbocycles. The van der Waals surface area contributed by atoms with E-state index in [0.29, 0.717) is 16.5 Å². The van der Waals surface area contributed by atoms with E-state index in [2.05, 4.69) is 15.9 Å². The third-order valence-electron chi connectivity index (χ3n) is 1.79. The van der Waals surface area contributed by atoms with Crippen LogP contribution in [0, 0.1) is 6.92 Å². The Labute approximate surface area is 83.6 Å². The molecular formula is C8H6BrClO2. The van der Waals surface area contributed by atoms with Gasteiger partial charge in [0, 0.05) is 4.47 Å². The van der Waals surface area contributed by atoms with E-state index in [4.69, 9.17) is 21.1 Å². The molecule has 0 aliphatic carbocycles. The summed E-state index contributed by atoms with van der Waals surface area (Å²) in [6, 6.07) is 1.86. The smallest absolute Gasteiger partial charge is 0.231 e. The fourth-order valence-corrected chi connectivity index (χ4v) is 1.84. The highest BCUT2D eigenvalue weighted by Crippen LogP contribution is 2.43. The first-order valence-electron chi connectivity index (χ1n) is 3.44. The van der Waals surface area contributed by atoms with E-state index >= 15 is 0 Å². The van der Waals surface area contributed by atoms with Gasteiger partial charge in [-0.05, 0) is 18.6 Å². The SMILES string of the molecule is Cc1c(Br)cc2c(c1Cl)OCO2. The summed E-state index contributed by atoms with van der Waals surface area (Å²) in [6.07, 6.45) is 0. The molecule has 0 unspecified atom stereocenters. The van der Waals surface area contributed by atoms with Crippen molar-refractivity contribution in [3.63, 3.8) is 0 Å². The van der Waals surface area contributed by atoms with Crippen molar-refractivity contribution in [3.05, 3.63) is 21.1 Å². The van der Waals surface area contributed by atoms with Crippen LogP contribution in [0.1, 0.15) is 5.56 Å². The number of hydrogen-bond donors (Lipinski definition) is 0. The molecule has 1 aliphatic rings. The Bertz CT molecular complexity index is 338. The number of halogens is 2. The maximum absolute atomic E-state index is 6.01. The van der Waals surface area contributed by atoms with Gasteiger partial charge < -0.3 is 9.47 Å². The van der Waals surface area contributed by atoms with Crippen LogP contribution in [0.25, 0.3) is 0 Å². The lowest BCUT2D eigenvalue weighted by Gasteiger charge is -2.04. The minimum absolute atomic E-state index is 0.255. The maximum atomic E-state index is 6.01. The summed E-state index contributed by atoms with van der Waals surface area (Å²) >= 11 is 9.39. The van der Waals surface area contributed by atoms with Crippen LogP contribution in [0.4, 0.5) is 0 Å². The molecule has 2 nitrogen and oxygen atoms in total. The summed E-state index contributed by atoms with van der Waals surface area (Å²) in [5.74, 6) is 1.36. The van der Waals surface area contributed by atoms with Crippen molar-refractivity contribution in [2.45, 2.75) is 6.92 Å². The largest absolute Gasteiger partial charge is 0.453 e. The molecule has 1 heterocycles. The minimum atomic E-state index is 0.255. The molecule has 0 fully saturated rings. The molecule has 0 aromatic heterocycles. The van der Waals surface area contributed by atoms with Crippen molar-refractivity contribution in [1.82, 2.24) is 0 Å². The van der Waals surface area contributed by atoms with Gasteiger partial charge in [0.15, 0.2) is 11.5 Å². The Balaban J connectivity index is 2.67. The van der Waals surface area contributed by atoms with Crippen LogP contribution in [0.15, 0.2) is 10.5 Å². The zero-order valence-corrected chi connectivity index (χ0v) is 8.70. The lowest BCUT2D eigenvalue weighted by atomic mass is 10.2. The summed E-state index contributed by atoms with van der Waals surface area (Å²) in [7, 11) is 0. The van der Waals surface area contributed by atoms with E-state index < -0.39 is 0 Å². The Kier molecular flexibility index (Phi) is 1.93. The third kappa shape index (κ3) is 1.08. The summed E-state index contributed by atoms with van der Waals surface area (Å²) in [5, 5.41) is 0.622. The number of rotatable bonds is 0. The topological polar surface area (TPSA) is 18.5 Å². The molecule has 0 saturated heterocycles. The average Bonchev–Trinajstić information content (AvgIpc) is 2.48. The van der Waals surface area contributed by atoms with E-state index in [1.165, 1.54) is 0 Å². The molecule has 0 N–H and O–H groups in total. The zero-order valence-electron chi connectivity index (χ0n) is 6.36. The van der Waals surface area contributed by atoms with Crippen LogP contribution in [0.3, 0.4) is 0 Å². The van der Waals surface area contributed by atoms with E-state index in [9.17, 15) is 0 Å². The van der Waals surface area contributed by atoms with Gasteiger partial charge in [-0.3, -0.25) is 0 Å². The lowest BCUT2D eigenvalue weighted by Crippen LogP contribution is -1.93. The molecule has 0 radical (unpaired) electrons. The van der Waals surface area contributed by atoms with E-state index in [-0.39, 0.29) is 6.79 Å². The number of ether oxygens (including phenoxy) is 2. The van der Waals surface area contributed by atoms with Crippen LogP contribution < -0.4 is 9.47 Å². The van der Waals surface area contributed by atoms with Gasteiger partial charge in [0.1, 0.15) is 0 Å². The average molecular weight is 249 g/mol. The molecule has 1 aliphatic heterocycles. The predicted molar refractivity (Wildman–Crippen MR) is 50.0 cm³/mol. The third-order valence-corrected chi connectivity index (χ3v) is 3.06. The van der Waals surface area contributed by atoms with Crippen LogP contribution in [-0.4, -0.2) is 6.79 Å². The molecular weight excluding hydrogens is 243 g/mol. The van der Waals surface area contributed by atoms with E-state index in [1.807, 2.05) is 13.0 Å². The highest BCUT2D eigenvalue weighted by molar-refractivity contribution is 9.10. The molecule has 0 amide bonds. The van der Waals surface area contributed by atoms with Crippen molar-refractivity contribution < 1.29 is 9.47 Å². The zero-order chi connectivity index (χ0) is 8.72. The van der Waals surface area contributed by atoms with Gasteiger partial charge in [0.25, 0.3) is 0 Å². The Morgan fingerprint density at radius 1 is 1.50 bits per heavy atom. The quantitative estimate of drug-likeness (QED) is 0.703. The fourth-order valence-electron chi connectivity index (χ4n) is 1.07. The maximum Gasteiger partial charge on any atom is 0.231 e. The molecule has 0 spiro atoms. The van der Waals surface area contributed by atoms with Crippen molar-refractivity contribution in [3.8, 4) is 11.5 Å². The Morgan fingerprint density at radius 3 is 3.00 bits per heavy atom. The van der Waals surface area contributed by atoms with Gasteiger partial charge in [-0.15, -0.1) is 0 Å². The first kappa shape index (κ1) is 8.20. The van der Waals surface area contributed by atoms with Gasteiger partial charge in [0.2, 0.25) is 6.79 Å². The summed E-state index contributed by atoms with van der Waals surface area (Å²) in [6.45, 7) is 2.18. The predicted octanol–water partition coefficient (Wildman–Crippen LogP) is 3.14. The first-order valence-corrected chi connectivity index (χ1v) is 4.61. The standard InChI is InChI=1S/C8H6BrClO2/c1-4-5(9)2-6-8(7(4)10)12-3-11-6/h2H,3H2,1H3. The second kappa shape index (κ2) is 2.82. The van der Waals surface area contributed by atoms with Crippen LogP contribution in [0.5, 0.6) is 11.5 Å². The highest BCUT2D eigenvalue weighted by atomic mass is 79.9. The molecule has 0 bridgehead atoms. The van der Waals surface area contributed by atoms with E-state index in [0.717, 1.165) is 10.0 Å². The molecule has 0 saturated carbocycles. The second-order valence-corrected chi connectivity index (χ2v) is 3.76. The number of hydrogen-bond acceptors (Lipinski definition) is 2. The summed E-state index contributed by atoms with van der Waals surface area (Å²) in [5.41, 5.74) is 0.973. The molecule has 4 heteroatoms. The van der Waals surface area contributed by atoms with Gasteiger partial charge in [-0.2, -0.15) is 0 Å². The van der Waals surface area contributed by atoms with Gasteiger partial charge in [-0.1, -0.05) is 27.5 Å². The molecule has 12 heavy (non-hydrogen) atoms. The summed E-state index contributed by atoms with van der Waals surface area (Å²) < 4.78 is 11.3. The molecule has 0 atom stereocenters. The van der Waals surface area contributed by atoms with E-state index in [1.54, 1.807) is 0 Å². The summed E-state index contributed by atoms with van der Waals surface area (Å²) in [4.78, 5) is 0. The van der Waals surface area contributed by atoms with Gasteiger partial charge >= 0.3 is 0 Å². The number of benzene rings is 1. The Morgan fingerprint density at radius 2 is 2.25 bits per heavy atom. The number of fused-ring (bicyclic) bond motifs is 1. The van der Waals surface area contributed by atoms with Crippen LogP contribution in [-0.2, 0) is 0 Å². The molecule has 64 valence electrons. The van der Waals surface area contributed by atoms with Crippen LogP contribution >= 0.6 is 27.5 Å². The van der Waals surface area contributed by atoms with Gasteiger partial charge in [-0.25, -0.2) is 0 Å². The fraction of sp³-hybridized carbons (Fsp3) is 0.250. The van der Waals surface area contributed by atoms with Crippen LogP contribution in [0.2, 0.25) is 5.02 Å². The molecule has 1 aromatic rings. The minimum Gasteiger partial charge on any atom is -0.453 e. The lowest BCUT2D eigenvalue weighted by molar-refractivity contribution is 0.174. The first-order chi connectivity index (χ1) is 5.70. The normalized spacial score (nSPS) is 13.6. The molecule has 2 rings (SSSR count). The van der Waals surface area contributed by atoms with Crippen molar-refractivity contribution in [1.29, 1.82) is 0 Å². The van der Waals surface area contributed by atoms with Gasteiger partial charge in [0.05, 0.1) is 5.02 Å². The van der Waals surface area contributed by atoms with Crippen molar-refractivity contribution in [2.24, 2.45) is 0 Å². The van der Waals surface area contributed by atoms with Crippen molar-refractivity contribution in [2.75, 3.05) is 6.79 Å². The monoisotopic (exact) mass is 248 g/mol. The van der Waals surface area contributed by atoms with Crippen molar-refractivity contribution >= 4 is 27.5 Å². The second-order valence-electron chi connectivity index (χ2n) is 2.53.